The molecule has 0 saturated carbocycles. The fourth-order valence-corrected chi connectivity index (χ4v) is 6.78. The summed E-state index contributed by atoms with van der Waals surface area (Å²) < 4.78 is 6.84. The third kappa shape index (κ3) is 4.10. The Balaban J connectivity index is 2.22. The third-order valence-corrected chi connectivity index (χ3v) is 8.60. The number of amides is 3. The van der Waals surface area contributed by atoms with Gasteiger partial charge in [0.25, 0.3) is 0 Å². The summed E-state index contributed by atoms with van der Waals surface area (Å²) in [5.74, 6) is -2.22. The van der Waals surface area contributed by atoms with Crippen LogP contribution in [0.25, 0.3) is 0 Å². The molecular formula is C28H45N3O5. The van der Waals surface area contributed by atoms with Gasteiger partial charge in [-0.05, 0) is 46.0 Å². The van der Waals surface area contributed by atoms with Crippen LogP contribution in [0.3, 0.4) is 0 Å². The van der Waals surface area contributed by atoms with Gasteiger partial charge >= 0.3 is 0 Å². The van der Waals surface area contributed by atoms with Crippen LogP contribution in [0.5, 0.6) is 0 Å². The van der Waals surface area contributed by atoms with Gasteiger partial charge in [-0.1, -0.05) is 32.9 Å². The van der Waals surface area contributed by atoms with Gasteiger partial charge in [-0.3, -0.25) is 14.4 Å². The zero-order valence-corrected chi connectivity index (χ0v) is 23.1. The quantitative estimate of drug-likeness (QED) is 0.463. The number of ether oxygens (including phenoxy) is 1. The molecule has 0 radical (unpaired) electrons. The topological polar surface area (TPSA) is 90.4 Å². The molecule has 8 heteroatoms. The molecule has 3 aliphatic heterocycles. The van der Waals surface area contributed by atoms with Crippen LogP contribution < -0.4 is 0 Å². The van der Waals surface area contributed by atoms with Crippen molar-refractivity contribution in [1.82, 2.24) is 14.7 Å². The molecule has 3 heterocycles. The zero-order valence-electron chi connectivity index (χ0n) is 23.1. The summed E-state index contributed by atoms with van der Waals surface area (Å²) in [5.41, 5.74) is -2.44. The van der Waals surface area contributed by atoms with Crippen LogP contribution in [0.1, 0.15) is 60.8 Å². The maximum absolute atomic E-state index is 14.4. The molecule has 2 unspecified atom stereocenters. The summed E-state index contributed by atoms with van der Waals surface area (Å²) >= 11 is 0. The van der Waals surface area contributed by atoms with Crippen molar-refractivity contribution in [2.24, 2.45) is 17.8 Å². The van der Waals surface area contributed by atoms with Crippen LogP contribution in [0.4, 0.5) is 0 Å². The molecule has 36 heavy (non-hydrogen) atoms. The first-order chi connectivity index (χ1) is 16.8. The summed E-state index contributed by atoms with van der Waals surface area (Å²) in [6.45, 7) is 19.7. The van der Waals surface area contributed by atoms with E-state index in [0.29, 0.717) is 32.4 Å². The summed E-state index contributed by atoms with van der Waals surface area (Å²) in [5, 5.41) is 10.4. The number of carbonyl (C=O) groups excluding carboxylic acids is 3. The van der Waals surface area contributed by atoms with Gasteiger partial charge in [0.1, 0.15) is 11.6 Å². The SMILES string of the molecule is C=CCN(C)C(=O)[C@H]1[C@H]2C(=O)N([C@@H](CO)C(C)C)C(C(=O)N(CC=C)C(C)(C)C)C23CC[C@]1(CC)O3. The third-order valence-electron chi connectivity index (χ3n) is 8.60. The van der Waals surface area contributed by atoms with Gasteiger partial charge in [0.15, 0.2) is 0 Å². The van der Waals surface area contributed by atoms with Gasteiger partial charge in [0, 0.05) is 25.7 Å². The highest BCUT2D eigenvalue weighted by Crippen LogP contribution is 2.65. The molecule has 8 nitrogen and oxygen atoms in total. The molecule has 0 aromatic heterocycles. The number of carbonyl (C=O) groups is 3. The van der Waals surface area contributed by atoms with Crippen molar-refractivity contribution in [3.8, 4) is 0 Å². The summed E-state index contributed by atoms with van der Waals surface area (Å²) in [7, 11) is 1.71. The van der Waals surface area contributed by atoms with Crippen LogP contribution in [0.15, 0.2) is 25.3 Å². The number of nitrogens with zero attached hydrogens (tertiary/aromatic N) is 3. The number of hydrogen-bond donors (Lipinski definition) is 1. The van der Waals surface area contributed by atoms with Gasteiger partial charge < -0.3 is 24.5 Å². The van der Waals surface area contributed by atoms with Gasteiger partial charge in [0.05, 0.1) is 30.1 Å². The van der Waals surface area contributed by atoms with Gasteiger partial charge in [-0.2, -0.15) is 0 Å². The first-order valence-electron chi connectivity index (χ1n) is 13.2. The first-order valence-corrected chi connectivity index (χ1v) is 13.2. The lowest BCUT2D eigenvalue weighted by Gasteiger charge is -2.44. The second-order valence-electron chi connectivity index (χ2n) is 12.0. The van der Waals surface area contributed by atoms with E-state index < -0.39 is 40.7 Å². The van der Waals surface area contributed by atoms with E-state index in [1.54, 1.807) is 33.9 Å². The Morgan fingerprint density at radius 3 is 2.28 bits per heavy atom. The molecule has 6 atom stereocenters. The van der Waals surface area contributed by atoms with Crippen LogP contribution in [0, 0.1) is 17.8 Å². The van der Waals surface area contributed by atoms with Crippen molar-refractivity contribution >= 4 is 17.7 Å². The van der Waals surface area contributed by atoms with Gasteiger partial charge in [-0.25, -0.2) is 0 Å². The van der Waals surface area contributed by atoms with Crippen molar-refractivity contribution < 1.29 is 24.2 Å². The maximum atomic E-state index is 14.4. The molecule has 202 valence electrons. The second-order valence-corrected chi connectivity index (χ2v) is 12.0. The normalized spacial score (nSPS) is 32.0. The lowest BCUT2D eigenvalue weighted by atomic mass is 9.64. The lowest BCUT2D eigenvalue weighted by Crippen LogP contribution is -2.62. The number of likely N-dealkylation sites (N-methyl/N-ethyl adjacent to an activating group) is 1. The first kappa shape index (κ1) is 28.4. The maximum Gasteiger partial charge on any atom is 0.249 e. The predicted molar refractivity (Wildman–Crippen MR) is 139 cm³/mol. The Labute approximate surface area is 216 Å². The Hall–Kier alpha value is -2.19. The molecule has 0 aromatic rings. The molecule has 1 N–H and O–H groups in total. The van der Waals surface area contributed by atoms with E-state index in [9.17, 15) is 19.5 Å². The zero-order chi connectivity index (χ0) is 27.2. The fraction of sp³-hybridized carbons (Fsp3) is 0.750. The lowest BCUT2D eigenvalue weighted by molar-refractivity contribution is -0.161. The van der Waals surface area contributed by atoms with Crippen LogP contribution in [-0.2, 0) is 19.1 Å². The van der Waals surface area contributed by atoms with E-state index in [1.807, 2.05) is 41.5 Å². The molecule has 0 aromatic carbocycles. The van der Waals surface area contributed by atoms with Crippen LogP contribution in [-0.4, -0.2) is 93.1 Å². The Kier molecular flexibility index (Phi) is 7.83. The molecule has 2 bridgehead atoms. The number of hydrogen-bond acceptors (Lipinski definition) is 5. The molecule has 1 spiro atoms. The highest BCUT2D eigenvalue weighted by molar-refractivity contribution is 5.99. The number of aliphatic hydroxyl groups excluding tert-OH is 1. The minimum atomic E-state index is -1.12. The van der Waals surface area contributed by atoms with E-state index in [1.165, 1.54) is 0 Å². The minimum Gasteiger partial charge on any atom is -0.394 e. The number of rotatable bonds is 10. The standard InChI is InChI=1S/C28H45N3O5/c1-10-15-29(9)23(33)20-21-24(34)31(19(17-32)18(4)5)22(25(35)30(16-11-2)26(6,7)8)28(21)14-13-27(20,12-3)36-28/h10-11,18-22,32H,1-2,12-17H2,3-9H3/t19-,20+,21-,22?,27-,28?/m0/s1. The van der Waals surface area contributed by atoms with E-state index in [-0.39, 0.29) is 30.2 Å². The average Bonchev–Trinajstić information content (AvgIpc) is 3.40. The Morgan fingerprint density at radius 1 is 1.19 bits per heavy atom. The van der Waals surface area contributed by atoms with Crippen LogP contribution >= 0.6 is 0 Å². The molecule has 3 rings (SSSR count). The smallest absolute Gasteiger partial charge is 0.249 e. The summed E-state index contributed by atoms with van der Waals surface area (Å²) in [6.07, 6.45) is 5.03. The van der Waals surface area contributed by atoms with E-state index >= 15 is 0 Å². The average molecular weight is 504 g/mol. The molecule has 3 aliphatic rings. The van der Waals surface area contributed by atoms with E-state index in [2.05, 4.69) is 13.2 Å². The predicted octanol–water partition coefficient (Wildman–Crippen LogP) is 2.62. The largest absolute Gasteiger partial charge is 0.394 e. The fourth-order valence-electron chi connectivity index (χ4n) is 6.78. The molecule has 3 saturated heterocycles. The summed E-state index contributed by atoms with van der Waals surface area (Å²) in [6, 6.07) is -1.50. The minimum absolute atomic E-state index is 0.0955. The number of likely N-dealkylation sites (tertiary alicyclic amines) is 1. The molecular weight excluding hydrogens is 458 g/mol. The van der Waals surface area contributed by atoms with Crippen molar-refractivity contribution in [2.75, 3.05) is 26.7 Å². The number of fused-ring (bicyclic) bond motifs is 1. The second kappa shape index (κ2) is 9.93. The van der Waals surface area contributed by atoms with Crippen molar-refractivity contribution in [2.45, 2.75) is 89.6 Å². The van der Waals surface area contributed by atoms with E-state index in [0.717, 1.165) is 0 Å². The van der Waals surface area contributed by atoms with Gasteiger partial charge in [0.2, 0.25) is 17.7 Å². The Bertz CT molecular complexity index is 911. The monoisotopic (exact) mass is 503 g/mol. The Morgan fingerprint density at radius 2 is 1.81 bits per heavy atom. The number of aliphatic hydroxyl groups is 1. The highest BCUT2D eigenvalue weighted by atomic mass is 16.5. The van der Waals surface area contributed by atoms with Crippen LogP contribution in [0.2, 0.25) is 0 Å². The molecule has 3 fully saturated rings. The van der Waals surface area contributed by atoms with Crippen molar-refractivity contribution in [1.29, 1.82) is 0 Å². The molecule has 0 aliphatic carbocycles. The van der Waals surface area contributed by atoms with Crippen molar-refractivity contribution in [3.63, 3.8) is 0 Å². The van der Waals surface area contributed by atoms with Gasteiger partial charge in [-0.15, -0.1) is 13.2 Å². The highest BCUT2D eigenvalue weighted by Gasteiger charge is 2.79. The molecule has 3 amide bonds. The van der Waals surface area contributed by atoms with E-state index in [4.69, 9.17) is 4.74 Å². The van der Waals surface area contributed by atoms with Crippen molar-refractivity contribution in [3.05, 3.63) is 25.3 Å². The summed E-state index contributed by atoms with van der Waals surface area (Å²) in [4.78, 5) is 47.4.